The number of carbonyl (C=O) groups is 3. The van der Waals surface area contributed by atoms with Gasteiger partial charge < -0.3 is 20.7 Å². The van der Waals surface area contributed by atoms with Gasteiger partial charge in [0.15, 0.2) is 0 Å². The second kappa shape index (κ2) is 14.0. The average Bonchev–Trinajstić information content (AvgIpc) is 2.96. The highest BCUT2D eigenvalue weighted by Crippen LogP contribution is 2.22. The molecule has 41 heavy (non-hydrogen) atoms. The van der Waals surface area contributed by atoms with Crippen LogP contribution in [0.4, 0.5) is 11.4 Å². The maximum absolute atomic E-state index is 13.3. The van der Waals surface area contributed by atoms with Crippen LogP contribution in [0.15, 0.2) is 108 Å². The first-order chi connectivity index (χ1) is 19.8. The molecule has 3 amide bonds. The van der Waals surface area contributed by atoms with Gasteiger partial charge in [0.05, 0.1) is 12.9 Å². The van der Waals surface area contributed by atoms with E-state index in [1.165, 1.54) is 11.8 Å². The van der Waals surface area contributed by atoms with Crippen molar-refractivity contribution in [3.8, 4) is 5.75 Å². The van der Waals surface area contributed by atoms with Crippen molar-refractivity contribution in [3.63, 3.8) is 0 Å². The molecule has 0 aliphatic heterocycles. The molecule has 4 rings (SSSR count). The van der Waals surface area contributed by atoms with Gasteiger partial charge in [-0.25, -0.2) is 0 Å². The van der Waals surface area contributed by atoms with E-state index in [4.69, 9.17) is 4.74 Å². The summed E-state index contributed by atoms with van der Waals surface area (Å²) >= 11 is 1.40. The molecule has 4 aromatic rings. The monoisotopic (exact) mass is 565 g/mol. The number of carbonyl (C=O) groups excluding carboxylic acids is 3. The van der Waals surface area contributed by atoms with Crippen LogP contribution in [-0.2, 0) is 9.59 Å². The average molecular weight is 566 g/mol. The Balaban J connectivity index is 1.40. The van der Waals surface area contributed by atoms with E-state index >= 15 is 0 Å². The van der Waals surface area contributed by atoms with E-state index in [9.17, 15) is 14.4 Å². The first kappa shape index (κ1) is 29.2. The first-order valence-corrected chi connectivity index (χ1v) is 13.9. The Bertz CT molecular complexity index is 1530. The number of hydrogen-bond acceptors (Lipinski definition) is 5. The maximum Gasteiger partial charge on any atom is 0.272 e. The molecule has 0 saturated heterocycles. The molecule has 0 fully saturated rings. The van der Waals surface area contributed by atoms with Gasteiger partial charge >= 0.3 is 0 Å². The lowest BCUT2D eigenvalue weighted by Gasteiger charge is -2.12. The van der Waals surface area contributed by atoms with Gasteiger partial charge in [-0.3, -0.25) is 14.4 Å². The van der Waals surface area contributed by atoms with Crippen LogP contribution < -0.4 is 20.7 Å². The zero-order valence-corrected chi connectivity index (χ0v) is 23.9. The summed E-state index contributed by atoms with van der Waals surface area (Å²) in [4.78, 5) is 39.4. The van der Waals surface area contributed by atoms with Crippen LogP contribution in [0.2, 0.25) is 0 Å². The van der Waals surface area contributed by atoms with E-state index < -0.39 is 11.8 Å². The van der Waals surface area contributed by atoms with E-state index in [0.29, 0.717) is 17.0 Å². The topological polar surface area (TPSA) is 96.5 Å². The Morgan fingerprint density at radius 2 is 1.44 bits per heavy atom. The fraction of sp³-hybridized carbons (Fsp3) is 0.121. The normalized spacial score (nSPS) is 11.0. The van der Waals surface area contributed by atoms with Gasteiger partial charge in [-0.05, 0) is 97.3 Å². The van der Waals surface area contributed by atoms with Gasteiger partial charge in [0, 0.05) is 21.8 Å². The second-order valence-corrected chi connectivity index (χ2v) is 10.4. The summed E-state index contributed by atoms with van der Waals surface area (Å²) in [5.74, 6) is -0.0365. The molecule has 8 heteroatoms. The first-order valence-electron chi connectivity index (χ1n) is 12.9. The zero-order valence-electron chi connectivity index (χ0n) is 23.1. The number of rotatable bonds is 10. The number of methoxy groups -OCH3 is 1. The standard InChI is InChI=1S/C33H31N3O4S/c1-22-17-23(2)19-27(18-22)34-31(37)21-41-29-15-11-26(12-16-29)35-33(39)30(20-24-9-13-28(40-3)14-10-24)36-32(38)25-7-5-4-6-8-25/h4-20H,21H2,1-3H3,(H,34,37)(H,35,39)(H,36,38)/b30-20-. The number of nitrogens with one attached hydrogen (secondary N) is 3. The minimum absolute atomic E-state index is 0.0885. The molecular formula is C33H31N3O4S. The van der Waals surface area contributed by atoms with E-state index in [0.717, 1.165) is 27.3 Å². The van der Waals surface area contributed by atoms with Gasteiger partial charge in [-0.2, -0.15) is 0 Å². The molecule has 0 saturated carbocycles. The predicted molar refractivity (Wildman–Crippen MR) is 165 cm³/mol. The van der Waals surface area contributed by atoms with E-state index in [1.807, 2.05) is 44.2 Å². The van der Waals surface area contributed by atoms with Crippen molar-refractivity contribution in [2.24, 2.45) is 0 Å². The number of amides is 3. The van der Waals surface area contributed by atoms with Crippen LogP contribution in [0.1, 0.15) is 27.0 Å². The van der Waals surface area contributed by atoms with Gasteiger partial charge in [0.2, 0.25) is 5.91 Å². The molecule has 0 aliphatic carbocycles. The molecule has 0 aromatic heterocycles. The van der Waals surface area contributed by atoms with Crippen molar-refractivity contribution in [3.05, 3.63) is 125 Å². The summed E-state index contributed by atoms with van der Waals surface area (Å²) in [5.41, 5.74) is 4.75. The quantitative estimate of drug-likeness (QED) is 0.152. The number of thioether (sulfide) groups is 1. The third-order valence-electron chi connectivity index (χ3n) is 5.94. The van der Waals surface area contributed by atoms with Crippen LogP contribution >= 0.6 is 11.8 Å². The van der Waals surface area contributed by atoms with E-state index in [2.05, 4.69) is 22.0 Å². The Labute approximate surface area is 244 Å². The molecule has 208 valence electrons. The third-order valence-corrected chi connectivity index (χ3v) is 6.96. The summed E-state index contributed by atoms with van der Waals surface area (Å²) < 4.78 is 5.20. The van der Waals surface area contributed by atoms with Gasteiger partial charge in [-0.1, -0.05) is 36.4 Å². The number of benzene rings is 4. The smallest absolute Gasteiger partial charge is 0.272 e. The van der Waals surface area contributed by atoms with Crippen molar-refractivity contribution in [2.75, 3.05) is 23.5 Å². The molecule has 7 nitrogen and oxygen atoms in total. The van der Waals surface area contributed by atoms with Crippen molar-refractivity contribution in [2.45, 2.75) is 18.7 Å². The van der Waals surface area contributed by atoms with Crippen LogP contribution in [0.25, 0.3) is 6.08 Å². The van der Waals surface area contributed by atoms with Gasteiger partial charge in [0.25, 0.3) is 11.8 Å². The summed E-state index contributed by atoms with van der Waals surface area (Å²) in [5, 5.41) is 8.51. The fourth-order valence-electron chi connectivity index (χ4n) is 4.03. The minimum Gasteiger partial charge on any atom is -0.497 e. The third kappa shape index (κ3) is 8.84. The number of anilines is 2. The van der Waals surface area contributed by atoms with E-state index in [-0.39, 0.29) is 17.4 Å². The van der Waals surface area contributed by atoms with Crippen LogP contribution in [0.5, 0.6) is 5.75 Å². The molecule has 0 bridgehead atoms. The van der Waals surface area contributed by atoms with Gasteiger partial charge in [0.1, 0.15) is 11.4 Å². The summed E-state index contributed by atoms with van der Waals surface area (Å²) in [6, 6.07) is 28.9. The molecule has 4 aromatic carbocycles. The maximum atomic E-state index is 13.3. The summed E-state index contributed by atoms with van der Waals surface area (Å²) in [7, 11) is 1.58. The lowest BCUT2D eigenvalue weighted by atomic mass is 10.1. The predicted octanol–water partition coefficient (Wildman–Crippen LogP) is 6.45. The summed E-state index contributed by atoms with van der Waals surface area (Å²) in [6.45, 7) is 3.99. The van der Waals surface area contributed by atoms with Gasteiger partial charge in [-0.15, -0.1) is 11.8 Å². The number of ether oxygens (including phenoxy) is 1. The molecular weight excluding hydrogens is 534 g/mol. The molecule has 0 unspecified atom stereocenters. The fourth-order valence-corrected chi connectivity index (χ4v) is 4.73. The van der Waals surface area contributed by atoms with E-state index in [1.54, 1.807) is 73.8 Å². The zero-order chi connectivity index (χ0) is 29.2. The number of aryl methyl sites for hydroxylation is 2. The summed E-state index contributed by atoms with van der Waals surface area (Å²) in [6.07, 6.45) is 1.61. The molecule has 0 aliphatic rings. The van der Waals surface area contributed by atoms with Crippen molar-refractivity contribution in [1.82, 2.24) is 5.32 Å². The van der Waals surface area contributed by atoms with Crippen molar-refractivity contribution >= 4 is 46.9 Å². The SMILES string of the molecule is COc1ccc(/C=C(\NC(=O)c2ccccc2)C(=O)Nc2ccc(SCC(=O)Nc3cc(C)cc(C)c3)cc2)cc1. The lowest BCUT2D eigenvalue weighted by molar-refractivity contribution is -0.114. The van der Waals surface area contributed by atoms with Crippen molar-refractivity contribution < 1.29 is 19.1 Å². The Morgan fingerprint density at radius 3 is 2.07 bits per heavy atom. The highest BCUT2D eigenvalue weighted by atomic mass is 32.2. The highest BCUT2D eigenvalue weighted by Gasteiger charge is 2.15. The highest BCUT2D eigenvalue weighted by molar-refractivity contribution is 8.00. The molecule has 0 atom stereocenters. The Morgan fingerprint density at radius 1 is 0.780 bits per heavy atom. The van der Waals surface area contributed by atoms with Crippen LogP contribution in [0.3, 0.4) is 0 Å². The second-order valence-electron chi connectivity index (χ2n) is 9.34. The molecule has 0 radical (unpaired) electrons. The lowest BCUT2D eigenvalue weighted by Crippen LogP contribution is -2.30. The largest absolute Gasteiger partial charge is 0.497 e. The van der Waals surface area contributed by atoms with Crippen molar-refractivity contribution in [1.29, 1.82) is 0 Å². The minimum atomic E-state index is -0.474. The number of hydrogen-bond donors (Lipinski definition) is 3. The Hall–Kier alpha value is -4.82. The molecule has 0 heterocycles. The van der Waals surface area contributed by atoms with Crippen LogP contribution in [0, 0.1) is 13.8 Å². The van der Waals surface area contributed by atoms with Crippen LogP contribution in [-0.4, -0.2) is 30.6 Å². The molecule has 3 N–H and O–H groups in total. The Kier molecular flexibility index (Phi) is 9.96. The molecule has 0 spiro atoms.